The highest BCUT2D eigenvalue weighted by Gasteiger charge is 2.11. The van der Waals surface area contributed by atoms with Crippen LogP contribution in [0.3, 0.4) is 0 Å². The summed E-state index contributed by atoms with van der Waals surface area (Å²) in [4.78, 5) is 23.5. The largest absolute Gasteiger partial charge is 0.484 e. The molecule has 0 saturated carbocycles. The fraction of sp³-hybridized carbons (Fsp3) is 0.176. The molecule has 0 unspecified atom stereocenters. The summed E-state index contributed by atoms with van der Waals surface area (Å²) in [5.41, 5.74) is 6.30. The molecule has 0 bridgehead atoms. The number of rotatable bonds is 4. The van der Waals surface area contributed by atoms with E-state index in [0.29, 0.717) is 11.3 Å². The molecule has 0 saturated heterocycles. The zero-order chi connectivity index (χ0) is 16.8. The van der Waals surface area contributed by atoms with E-state index in [9.17, 15) is 14.0 Å². The molecular weight excluding hydrogens is 299 g/mol. The van der Waals surface area contributed by atoms with Crippen molar-refractivity contribution in [2.45, 2.75) is 13.8 Å². The number of ether oxygens (including phenoxy) is 1. The van der Waals surface area contributed by atoms with Crippen LogP contribution in [-0.2, 0) is 4.79 Å². The van der Waals surface area contributed by atoms with Crippen LogP contribution in [-0.4, -0.2) is 18.4 Å². The number of carbonyl (C=O) groups excluding carboxylic acids is 2. The van der Waals surface area contributed by atoms with Gasteiger partial charge >= 0.3 is 0 Å². The first-order valence-electron chi connectivity index (χ1n) is 7.00. The second-order valence-electron chi connectivity index (χ2n) is 5.06. The van der Waals surface area contributed by atoms with E-state index in [0.717, 1.165) is 11.6 Å². The normalized spacial score (nSPS) is 10.0. The monoisotopic (exact) mass is 316 g/mol. The third-order valence-corrected chi connectivity index (χ3v) is 3.15. The SMILES string of the molecule is Cc1ccc(OCC(=O)NNC(=O)c2cc(F)ccc2C)cc1. The Morgan fingerprint density at radius 1 is 1.04 bits per heavy atom. The lowest BCUT2D eigenvalue weighted by molar-refractivity contribution is -0.123. The summed E-state index contributed by atoms with van der Waals surface area (Å²) in [6.45, 7) is 3.38. The van der Waals surface area contributed by atoms with Crippen molar-refractivity contribution in [2.75, 3.05) is 6.61 Å². The average Bonchev–Trinajstić information content (AvgIpc) is 2.54. The van der Waals surface area contributed by atoms with Crippen molar-refractivity contribution < 1.29 is 18.7 Å². The minimum atomic E-state index is -0.592. The summed E-state index contributed by atoms with van der Waals surface area (Å²) < 4.78 is 18.4. The van der Waals surface area contributed by atoms with Crippen molar-refractivity contribution in [3.63, 3.8) is 0 Å². The van der Waals surface area contributed by atoms with Gasteiger partial charge in [-0.2, -0.15) is 0 Å². The second-order valence-corrected chi connectivity index (χ2v) is 5.06. The first-order valence-corrected chi connectivity index (χ1v) is 7.00. The standard InChI is InChI=1S/C17H17FN2O3/c1-11-3-7-14(8-4-11)23-10-16(21)19-20-17(22)15-9-13(18)6-5-12(15)2/h3-9H,10H2,1-2H3,(H,19,21)(H,20,22). The van der Waals surface area contributed by atoms with Gasteiger partial charge in [0.1, 0.15) is 11.6 Å². The van der Waals surface area contributed by atoms with E-state index in [1.807, 2.05) is 19.1 Å². The zero-order valence-electron chi connectivity index (χ0n) is 12.9. The van der Waals surface area contributed by atoms with Gasteiger partial charge < -0.3 is 4.74 Å². The van der Waals surface area contributed by atoms with Gasteiger partial charge in [0.25, 0.3) is 11.8 Å². The van der Waals surface area contributed by atoms with Crippen LogP contribution in [0, 0.1) is 19.7 Å². The van der Waals surface area contributed by atoms with E-state index in [2.05, 4.69) is 10.9 Å². The minimum Gasteiger partial charge on any atom is -0.484 e. The maximum Gasteiger partial charge on any atom is 0.276 e. The lowest BCUT2D eigenvalue weighted by Gasteiger charge is -2.10. The summed E-state index contributed by atoms with van der Waals surface area (Å²) in [6, 6.07) is 11.1. The van der Waals surface area contributed by atoms with E-state index in [1.54, 1.807) is 19.1 Å². The Morgan fingerprint density at radius 3 is 2.43 bits per heavy atom. The molecule has 6 heteroatoms. The highest BCUT2D eigenvalue weighted by molar-refractivity contribution is 5.96. The van der Waals surface area contributed by atoms with Crippen molar-refractivity contribution >= 4 is 11.8 Å². The number of aryl methyl sites for hydroxylation is 2. The van der Waals surface area contributed by atoms with Crippen molar-refractivity contribution in [2.24, 2.45) is 0 Å². The molecule has 2 amide bonds. The number of carbonyl (C=O) groups is 2. The fourth-order valence-electron chi connectivity index (χ4n) is 1.85. The molecule has 0 heterocycles. The average molecular weight is 316 g/mol. The number of amides is 2. The van der Waals surface area contributed by atoms with Gasteiger partial charge in [0, 0.05) is 5.56 Å². The number of hydrogen-bond donors (Lipinski definition) is 2. The minimum absolute atomic E-state index is 0.157. The Morgan fingerprint density at radius 2 is 1.74 bits per heavy atom. The molecule has 0 aliphatic heterocycles. The Bertz CT molecular complexity index is 714. The van der Waals surface area contributed by atoms with E-state index in [-0.39, 0.29) is 12.2 Å². The fourth-order valence-corrected chi connectivity index (χ4v) is 1.85. The van der Waals surface area contributed by atoms with Crippen molar-refractivity contribution in [1.29, 1.82) is 0 Å². The number of halogens is 1. The van der Waals surface area contributed by atoms with E-state index < -0.39 is 17.6 Å². The molecule has 2 N–H and O–H groups in total. The zero-order valence-corrected chi connectivity index (χ0v) is 12.9. The Balaban J connectivity index is 1.83. The third-order valence-electron chi connectivity index (χ3n) is 3.15. The molecule has 0 aliphatic rings. The van der Waals surface area contributed by atoms with Crippen LogP contribution in [0.2, 0.25) is 0 Å². The third kappa shape index (κ3) is 4.81. The first-order chi connectivity index (χ1) is 11.0. The highest BCUT2D eigenvalue weighted by Crippen LogP contribution is 2.11. The maximum absolute atomic E-state index is 13.2. The van der Waals surface area contributed by atoms with Crippen molar-refractivity contribution in [3.05, 3.63) is 65.0 Å². The van der Waals surface area contributed by atoms with Gasteiger partial charge in [0.05, 0.1) is 0 Å². The van der Waals surface area contributed by atoms with Crippen LogP contribution < -0.4 is 15.6 Å². The predicted octanol–water partition coefficient (Wildman–Crippen LogP) is 2.28. The first kappa shape index (κ1) is 16.5. The highest BCUT2D eigenvalue weighted by atomic mass is 19.1. The van der Waals surface area contributed by atoms with Crippen LogP contribution in [0.25, 0.3) is 0 Å². The van der Waals surface area contributed by atoms with Crippen LogP contribution >= 0.6 is 0 Å². The Kier molecular flexibility index (Phi) is 5.30. The molecular formula is C17H17FN2O3. The summed E-state index contributed by atoms with van der Waals surface area (Å²) >= 11 is 0. The molecule has 0 aromatic heterocycles. The number of nitrogens with one attached hydrogen (secondary N) is 2. The summed E-state index contributed by atoms with van der Waals surface area (Å²) in [5, 5.41) is 0. The van der Waals surface area contributed by atoms with Gasteiger partial charge in [-0.3, -0.25) is 20.4 Å². The van der Waals surface area contributed by atoms with E-state index >= 15 is 0 Å². The molecule has 0 spiro atoms. The quantitative estimate of drug-likeness (QED) is 0.851. The Labute approximate surface area is 133 Å². The number of benzene rings is 2. The van der Waals surface area contributed by atoms with Crippen molar-refractivity contribution in [3.8, 4) is 5.75 Å². The molecule has 2 aromatic carbocycles. The molecule has 5 nitrogen and oxygen atoms in total. The van der Waals surface area contributed by atoms with Crippen molar-refractivity contribution in [1.82, 2.24) is 10.9 Å². The van der Waals surface area contributed by atoms with Crippen LogP contribution in [0.1, 0.15) is 21.5 Å². The lowest BCUT2D eigenvalue weighted by Crippen LogP contribution is -2.44. The van der Waals surface area contributed by atoms with Gasteiger partial charge in [-0.05, 0) is 43.7 Å². The second kappa shape index (κ2) is 7.40. The summed E-state index contributed by atoms with van der Waals surface area (Å²) in [6.07, 6.45) is 0. The van der Waals surface area contributed by atoms with Gasteiger partial charge in [-0.15, -0.1) is 0 Å². The lowest BCUT2D eigenvalue weighted by atomic mass is 10.1. The number of hydrazine groups is 1. The van der Waals surface area contributed by atoms with Gasteiger partial charge in [0.15, 0.2) is 6.61 Å². The molecule has 0 radical (unpaired) electrons. The van der Waals surface area contributed by atoms with E-state index in [4.69, 9.17) is 4.74 Å². The van der Waals surface area contributed by atoms with Gasteiger partial charge in [-0.1, -0.05) is 23.8 Å². The molecule has 120 valence electrons. The maximum atomic E-state index is 13.2. The molecule has 2 aromatic rings. The van der Waals surface area contributed by atoms with E-state index in [1.165, 1.54) is 12.1 Å². The predicted molar refractivity (Wildman–Crippen MR) is 83.4 cm³/mol. The molecule has 2 rings (SSSR count). The molecule has 0 fully saturated rings. The topological polar surface area (TPSA) is 67.4 Å². The van der Waals surface area contributed by atoms with Crippen LogP contribution in [0.15, 0.2) is 42.5 Å². The van der Waals surface area contributed by atoms with Crippen LogP contribution in [0.5, 0.6) is 5.75 Å². The van der Waals surface area contributed by atoms with Crippen LogP contribution in [0.4, 0.5) is 4.39 Å². The van der Waals surface area contributed by atoms with Gasteiger partial charge in [-0.25, -0.2) is 4.39 Å². The van der Waals surface area contributed by atoms with Gasteiger partial charge in [0.2, 0.25) is 0 Å². The molecule has 0 aliphatic carbocycles. The molecule has 23 heavy (non-hydrogen) atoms. The molecule has 0 atom stereocenters. The Hall–Kier alpha value is -2.89. The summed E-state index contributed by atoms with van der Waals surface area (Å²) in [5.74, 6) is -1.08. The summed E-state index contributed by atoms with van der Waals surface area (Å²) in [7, 11) is 0. The smallest absolute Gasteiger partial charge is 0.276 e. The number of hydrogen-bond acceptors (Lipinski definition) is 3.